The Labute approximate surface area is 86.5 Å². The molecule has 0 aliphatic rings. The average molecular weight is 221 g/mol. The second-order valence-corrected chi connectivity index (χ2v) is 10.4. The highest BCUT2D eigenvalue weighted by atomic mass is 32.1. The third-order valence-electron chi connectivity index (χ3n) is 1.77. The molecule has 3 nitrogen and oxygen atoms in total. The zero-order valence-corrected chi connectivity index (χ0v) is 10.5. The van der Waals surface area contributed by atoms with Gasteiger partial charge in [-0.2, -0.15) is 12.6 Å². The summed E-state index contributed by atoms with van der Waals surface area (Å²) in [6, 6.07) is 1.02. The van der Waals surface area contributed by atoms with Crippen LogP contribution >= 0.6 is 12.6 Å². The number of hydrogen-bond donors (Lipinski definition) is 2. The number of carbonyl (C=O) groups is 1. The molecule has 0 atom stereocenters. The standard InChI is InChI=1S/C8H19NO2SSi/c1-13(2,3)7-5-9(4-6-12)8(10)11/h12H,4-7H2,1-3H3,(H,10,11). The van der Waals surface area contributed by atoms with Crippen LogP contribution in [0.1, 0.15) is 0 Å². The molecular formula is C8H19NO2SSi. The fourth-order valence-electron chi connectivity index (χ4n) is 0.894. The van der Waals surface area contributed by atoms with Gasteiger partial charge in [0.2, 0.25) is 0 Å². The van der Waals surface area contributed by atoms with Crippen LogP contribution in [0.4, 0.5) is 4.79 Å². The molecule has 0 fully saturated rings. The zero-order chi connectivity index (χ0) is 10.5. The van der Waals surface area contributed by atoms with Crippen LogP contribution in [-0.2, 0) is 0 Å². The van der Waals surface area contributed by atoms with Gasteiger partial charge in [0.15, 0.2) is 0 Å². The van der Waals surface area contributed by atoms with Crippen LogP contribution in [0.2, 0.25) is 25.7 Å². The molecule has 1 N–H and O–H groups in total. The smallest absolute Gasteiger partial charge is 0.407 e. The molecule has 0 saturated carbocycles. The minimum atomic E-state index is -1.12. The van der Waals surface area contributed by atoms with Crippen molar-refractivity contribution in [2.24, 2.45) is 0 Å². The molecule has 0 radical (unpaired) electrons. The summed E-state index contributed by atoms with van der Waals surface area (Å²) < 4.78 is 0. The van der Waals surface area contributed by atoms with Crippen LogP contribution in [0.5, 0.6) is 0 Å². The summed E-state index contributed by atoms with van der Waals surface area (Å²) >= 11 is 4.03. The predicted molar refractivity (Wildman–Crippen MR) is 61.6 cm³/mol. The van der Waals surface area contributed by atoms with Crippen molar-refractivity contribution in [1.29, 1.82) is 0 Å². The molecule has 0 rings (SSSR count). The van der Waals surface area contributed by atoms with Gasteiger partial charge in [-0.3, -0.25) is 0 Å². The minimum Gasteiger partial charge on any atom is -0.465 e. The quantitative estimate of drug-likeness (QED) is 0.552. The number of amides is 1. The first-order chi connectivity index (χ1) is 5.87. The van der Waals surface area contributed by atoms with E-state index in [1.807, 2.05) is 0 Å². The van der Waals surface area contributed by atoms with Crippen molar-refractivity contribution in [3.8, 4) is 0 Å². The van der Waals surface area contributed by atoms with Crippen molar-refractivity contribution in [3.05, 3.63) is 0 Å². The largest absolute Gasteiger partial charge is 0.465 e. The van der Waals surface area contributed by atoms with Gasteiger partial charge in [0.25, 0.3) is 0 Å². The lowest BCUT2D eigenvalue weighted by Crippen LogP contribution is -2.36. The van der Waals surface area contributed by atoms with Gasteiger partial charge in [0.05, 0.1) is 0 Å². The van der Waals surface area contributed by atoms with E-state index < -0.39 is 14.2 Å². The van der Waals surface area contributed by atoms with Crippen LogP contribution in [0.15, 0.2) is 0 Å². The van der Waals surface area contributed by atoms with Crippen molar-refractivity contribution < 1.29 is 9.90 Å². The molecule has 13 heavy (non-hydrogen) atoms. The topological polar surface area (TPSA) is 40.5 Å². The number of rotatable bonds is 5. The summed E-state index contributed by atoms with van der Waals surface area (Å²) in [6.45, 7) is 7.92. The Bertz CT molecular complexity index is 170. The molecule has 0 bridgehead atoms. The lowest BCUT2D eigenvalue weighted by atomic mass is 10.5. The van der Waals surface area contributed by atoms with Gasteiger partial charge < -0.3 is 10.0 Å². The van der Waals surface area contributed by atoms with E-state index in [0.29, 0.717) is 18.8 Å². The Kier molecular flexibility index (Phi) is 5.47. The molecule has 0 aromatic heterocycles. The first kappa shape index (κ1) is 12.8. The van der Waals surface area contributed by atoms with Gasteiger partial charge in [-0.15, -0.1) is 0 Å². The fourth-order valence-corrected chi connectivity index (χ4v) is 2.08. The van der Waals surface area contributed by atoms with Crippen LogP contribution < -0.4 is 0 Å². The lowest BCUT2D eigenvalue weighted by molar-refractivity contribution is 0.150. The van der Waals surface area contributed by atoms with Crippen molar-refractivity contribution in [2.75, 3.05) is 18.8 Å². The molecule has 78 valence electrons. The van der Waals surface area contributed by atoms with E-state index in [9.17, 15) is 4.79 Å². The van der Waals surface area contributed by atoms with Crippen LogP contribution in [-0.4, -0.2) is 43.0 Å². The first-order valence-electron chi connectivity index (χ1n) is 4.45. The maximum atomic E-state index is 10.7. The third kappa shape index (κ3) is 6.95. The second kappa shape index (κ2) is 5.54. The molecule has 5 heteroatoms. The van der Waals surface area contributed by atoms with Crippen molar-refractivity contribution in [1.82, 2.24) is 4.90 Å². The van der Waals surface area contributed by atoms with Gasteiger partial charge in [-0.25, -0.2) is 4.79 Å². The molecule has 0 spiro atoms. The maximum absolute atomic E-state index is 10.7. The van der Waals surface area contributed by atoms with Gasteiger partial charge >= 0.3 is 6.09 Å². The predicted octanol–water partition coefficient (Wildman–Crippen LogP) is 2.23. The molecular weight excluding hydrogens is 202 g/mol. The monoisotopic (exact) mass is 221 g/mol. The minimum absolute atomic E-state index is 0.531. The fraction of sp³-hybridized carbons (Fsp3) is 0.875. The molecule has 0 aliphatic carbocycles. The van der Waals surface area contributed by atoms with Crippen LogP contribution in [0.3, 0.4) is 0 Å². The number of nitrogens with zero attached hydrogens (tertiary/aromatic N) is 1. The van der Waals surface area contributed by atoms with E-state index >= 15 is 0 Å². The van der Waals surface area contributed by atoms with Gasteiger partial charge in [0.1, 0.15) is 0 Å². The Morgan fingerprint density at radius 1 is 1.38 bits per heavy atom. The highest BCUT2D eigenvalue weighted by molar-refractivity contribution is 7.80. The molecule has 0 aliphatic heterocycles. The van der Waals surface area contributed by atoms with E-state index in [1.54, 1.807) is 0 Å². The van der Waals surface area contributed by atoms with Crippen LogP contribution in [0, 0.1) is 0 Å². The van der Waals surface area contributed by atoms with Gasteiger partial charge in [0, 0.05) is 26.9 Å². The summed E-state index contributed by atoms with van der Waals surface area (Å²) in [5, 5.41) is 8.81. The van der Waals surface area contributed by atoms with E-state index in [0.717, 1.165) is 6.04 Å². The Hall–Kier alpha value is -0.163. The first-order valence-corrected chi connectivity index (χ1v) is 8.79. The Balaban J connectivity index is 3.90. The second-order valence-electron chi connectivity index (χ2n) is 4.30. The summed E-state index contributed by atoms with van der Waals surface area (Å²) in [7, 11) is -1.12. The van der Waals surface area contributed by atoms with Crippen LogP contribution in [0.25, 0.3) is 0 Å². The summed E-state index contributed by atoms with van der Waals surface area (Å²) in [6.07, 6.45) is -0.827. The highest BCUT2D eigenvalue weighted by Crippen LogP contribution is 2.09. The molecule has 0 heterocycles. The lowest BCUT2D eigenvalue weighted by Gasteiger charge is -2.22. The van der Waals surface area contributed by atoms with Crippen molar-refractivity contribution >= 4 is 26.8 Å². The van der Waals surface area contributed by atoms with E-state index in [-0.39, 0.29) is 0 Å². The maximum Gasteiger partial charge on any atom is 0.407 e. The molecule has 0 saturated heterocycles. The van der Waals surface area contributed by atoms with E-state index in [1.165, 1.54) is 4.90 Å². The van der Waals surface area contributed by atoms with E-state index in [4.69, 9.17) is 5.11 Å². The number of hydrogen-bond acceptors (Lipinski definition) is 2. The third-order valence-corrected chi connectivity index (χ3v) is 3.70. The Morgan fingerprint density at radius 3 is 2.23 bits per heavy atom. The summed E-state index contributed by atoms with van der Waals surface area (Å²) in [4.78, 5) is 12.2. The van der Waals surface area contributed by atoms with Gasteiger partial charge in [-0.05, 0) is 6.04 Å². The summed E-state index contributed by atoms with van der Waals surface area (Å²) in [5.41, 5.74) is 0. The Morgan fingerprint density at radius 2 is 1.92 bits per heavy atom. The highest BCUT2D eigenvalue weighted by Gasteiger charge is 2.17. The number of thiol groups is 1. The van der Waals surface area contributed by atoms with Crippen molar-refractivity contribution in [2.45, 2.75) is 25.7 Å². The molecule has 1 amide bonds. The zero-order valence-electron chi connectivity index (χ0n) is 8.58. The van der Waals surface area contributed by atoms with Crippen molar-refractivity contribution in [3.63, 3.8) is 0 Å². The normalized spacial score (nSPS) is 11.4. The number of carboxylic acid groups (broad SMARTS) is 1. The van der Waals surface area contributed by atoms with Gasteiger partial charge in [-0.1, -0.05) is 19.6 Å². The summed E-state index contributed by atoms with van der Waals surface area (Å²) in [5.74, 6) is 0.595. The molecule has 0 aromatic rings. The molecule has 0 unspecified atom stereocenters. The average Bonchev–Trinajstić information content (AvgIpc) is 1.95. The van der Waals surface area contributed by atoms with E-state index in [2.05, 4.69) is 32.3 Å². The molecule has 0 aromatic carbocycles. The SMILES string of the molecule is C[Si](C)(C)CCN(CCS)C(=O)O.